The first-order valence-corrected chi connectivity index (χ1v) is 6.59. The van der Waals surface area contributed by atoms with Crippen LogP contribution >= 0.6 is 0 Å². The van der Waals surface area contributed by atoms with Crippen molar-refractivity contribution in [1.82, 2.24) is 0 Å². The van der Waals surface area contributed by atoms with Gasteiger partial charge in [0.05, 0.1) is 10.6 Å². The van der Waals surface area contributed by atoms with Gasteiger partial charge in [-0.3, -0.25) is 15.1 Å². The highest BCUT2D eigenvalue weighted by Crippen LogP contribution is 2.19. The van der Waals surface area contributed by atoms with Crippen LogP contribution in [0.25, 0.3) is 6.08 Å². The number of rotatable bonds is 4. The molecule has 0 aromatic heterocycles. The van der Waals surface area contributed by atoms with Gasteiger partial charge in [0.25, 0.3) is 5.69 Å². The second kappa shape index (κ2) is 6.61. The molecule has 4 heteroatoms. The zero-order valence-electron chi connectivity index (χ0n) is 12.0. The summed E-state index contributed by atoms with van der Waals surface area (Å²) in [4.78, 5) is 14.5. The summed E-state index contributed by atoms with van der Waals surface area (Å²) in [5.41, 5.74) is 4.28. The molecule has 0 N–H and O–H groups in total. The summed E-state index contributed by atoms with van der Waals surface area (Å²) in [6, 6.07) is 12.5. The van der Waals surface area contributed by atoms with E-state index in [1.165, 1.54) is 17.7 Å². The number of allylic oxidation sites excluding steroid dienone is 1. The minimum absolute atomic E-state index is 0.0936. The van der Waals surface area contributed by atoms with E-state index in [-0.39, 0.29) is 5.69 Å². The Bertz CT molecular complexity index is 701. The summed E-state index contributed by atoms with van der Waals surface area (Å²) >= 11 is 0. The van der Waals surface area contributed by atoms with Gasteiger partial charge < -0.3 is 0 Å². The fourth-order valence-corrected chi connectivity index (χ4v) is 1.93. The predicted octanol–water partition coefficient (Wildman–Crippen LogP) is 4.63. The van der Waals surface area contributed by atoms with Gasteiger partial charge in [0.2, 0.25) is 0 Å². The van der Waals surface area contributed by atoms with E-state index >= 15 is 0 Å². The molecule has 106 valence electrons. The van der Waals surface area contributed by atoms with Gasteiger partial charge >= 0.3 is 0 Å². The summed E-state index contributed by atoms with van der Waals surface area (Å²) in [7, 11) is 0. The molecule has 0 radical (unpaired) electrons. The van der Waals surface area contributed by atoms with E-state index in [9.17, 15) is 10.1 Å². The molecular formula is C17H16N2O2. The maximum atomic E-state index is 10.6. The summed E-state index contributed by atoms with van der Waals surface area (Å²) in [5, 5.41) is 10.6. The van der Waals surface area contributed by atoms with Gasteiger partial charge in [-0.2, -0.15) is 0 Å². The van der Waals surface area contributed by atoms with E-state index in [1.807, 2.05) is 31.2 Å². The van der Waals surface area contributed by atoms with Crippen molar-refractivity contribution in [2.24, 2.45) is 4.99 Å². The molecule has 0 spiro atoms. The Morgan fingerprint density at radius 3 is 2.43 bits per heavy atom. The standard InChI is InChI=1S/C17H16N2O2/c1-13-5-10-17(14(2)12-13)18-11-3-4-15-6-8-16(9-7-15)19(20)21/h3-12H,1-2H3/b4-3-,18-11?. The van der Waals surface area contributed by atoms with E-state index in [0.29, 0.717) is 0 Å². The minimum atomic E-state index is -0.408. The lowest BCUT2D eigenvalue weighted by molar-refractivity contribution is -0.384. The maximum Gasteiger partial charge on any atom is 0.269 e. The zero-order chi connectivity index (χ0) is 15.2. The average Bonchev–Trinajstić information content (AvgIpc) is 2.46. The van der Waals surface area contributed by atoms with Crippen molar-refractivity contribution in [3.8, 4) is 0 Å². The van der Waals surface area contributed by atoms with Crippen molar-refractivity contribution < 1.29 is 4.92 Å². The van der Waals surface area contributed by atoms with Crippen LogP contribution in [0.2, 0.25) is 0 Å². The van der Waals surface area contributed by atoms with Crippen molar-refractivity contribution in [3.63, 3.8) is 0 Å². The molecular weight excluding hydrogens is 264 g/mol. The molecule has 0 bridgehead atoms. The number of hydrogen-bond donors (Lipinski definition) is 0. The van der Waals surface area contributed by atoms with E-state index in [4.69, 9.17) is 0 Å². The van der Waals surface area contributed by atoms with Crippen LogP contribution in [0.5, 0.6) is 0 Å². The first kappa shape index (κ1) is 14.7. The van der Waals surface area contributed by atoms with Gasteiger partial charge in [0.15, 0.2) is 0 Å². The molecule has 0 fully saturated rings. The molecule has 0 saturated heterocycles. The van der Waals surface area contributed by atoms with Gasteiger partial charge in [-0.1, -0.05) is 23.8 Å². The van der Waals surface area contributed by atoms with Crippen molar-refractivity contribution in [1.29, 1.82) is 0 Å². The molecule has 2 aromatic carbocycles. The molecule has 21 heavy (non-hydrogen) atoms. The average molecular weight is 280 g/mol. The molecule has 2 rings (SSSR count). The monoisotopic (exact) mass is 280 g/mol. The largest absolute Gasteiger partial charge is 0.269 e. The number of nitrogens with zero attached hydrogens (tertiary/aromatic N) is 2. The highest BCUT2D eigenvalue weighted by atomic mass is 16.6. The molecule has 0 unspecified atom stereocenters. The van der Waals surface area contributed by atoms with E-state index < -0.39 is 4.92 Å². The quantitative estimate of drug-likeness (QED) is 0.466. The summed E-state index contributed by atoms with van der Waals surface area (Å²) in [5.74, 6) is 0. The van der Waals surface area contributed by atoms with Gasteiger partial charge in [-0.05, 0) is 49.2 Å². The molecule has 0 aliphatic rings. The summed E-state index contributed by atoms with van der Waals surface area (Å²) < 4.78 is 0. The van der Waals surface area contributed by atoms with E-state index in [1.54, 1.807) is 18.3 Å². The Morgan fingerprint density at radius 2 is 1.81 bits per heavy atom. The third-order valence-corrected chi connectivity index (χ3v) is 3.04. The Morgan fingerprint density at radius 1 is 1.10 bits per heavy atom. The Balaban J connectivity index is 2.04. The first-order valence-electron chi connectivity index (χ1n) is 6.59. The normalized spacial score (nSPS) is 11.3. The van der Waals surface area contributed by atoms with Crippen LogP contribution in [0.3, 0.4) is 0 Å². The third-order valence-electron chi connectivity index (χ3n) is 3.04. The number of nitro groups is 1. The zero-order valence-corrected chi connectivity index (χ0v) is 12.0. The van der Waals surface area contributed by atoms with Crippen LogP contribution in [0, 0.1) is 24.0 Å². The summed E-state index contributed by atoms with van der Waals surface area (Å²) in [6.45, 7) is 4.08. The molecule has 4 nitrogen and oxygen atoms in total. The van der Waals surface area contributed by atoms with Crippen LogP contribution in [0.1, 0.15) is 16.7 Å². The number of non-ortho nitro benzene ring substituents is 1. The van der Waals surface area contributed by atoms with Crippen LogP contribution in [0.15, 0.2) is 53.5 Å². The third kappa shape index (κ3) is 4.11. The number of hydrogen-bond acceptors (Lipinski definition) is 3. The van der Waals surface area contributed by atoms with Gasteiger partial charge in [-0.25, -0.2) is 0 Å². The SMILES string of the molecule is Cc1ccc(N=C/C=C\c2ccc([N+](=O)[O-])cc2)c(C)c1. The molecule has 0 atom stereocenters. The second-order valence-electron chi connectivity index (χ2n) is 4.78. The van der Waals surface area contributed by atoms with Crippen molar-refractivity contribution >= 4 is 23.7 Å². The Kier molecular flexibility index (Phi) is 4.61. The van der Waals surface area contributed by atoms with E-state index in [2.05, 4.69) is 18.0 Å². The lowest BCUT2D eigenvalue weighted by Crippen LogP contribution is -1.86. The van der Waals surface area contributed by atoms with Crippen LogP contribution < -0.4 is 0 Å². The lowest BCUT2D eigenvalue weighted by Gasteiger charge is -1.99. The smallest absolute Gasteiger partial charge is 0.258 e. The Hall–Kier alpha value is -2.75. The van der Waals surface area contributed by atoms with Gasteiger partial charge in [0, 0.05) is 18.3 Å². The van der Waals surface area contributed by atoms with Crippen LogP contribution in [-0.2, 0) is 0 Å². The Labute approximate surface area is 123 Å². The van der Waals surface area contributed by atoms with Crippen molar-refractivity contribution in [2.75, 3.05) is 0 Å². The van der Waals surface area contributed by atoms with Crippen LogP contribution in [-0.4, -0.2) is 11.1 Å². The van der Waals surface area contributed by atoms with Crippen molar-refractivity contribution in [2.45, 2.75) is 13.8 Å². The molecule has 0 aliphatic carbocycles. The van der Waals surface area contributed by atoms with E-state index in [0.717, 1.165) is 16.8 Å². The number of nitro benzene ring substituents is 1. The topological polar surface area (TPSA) is 55.5 Å². The first-order chi connectivity index (χ1) is 10.1. The van der Waals surface area contributed by atoms with Gasteiger partial charge in [-0.15, -0.1) is 0 Å². The number of aliphatic imine (C=N–C) groups is 1. The molecule has 0 aliphatic heterocycles. The lowest BCUT2D eigenvalue weighted by atomic mass is 10.1. The fourth-order valence-electron chi connectivity index (χ4n) is 1.93. The highest BCUT2D eigenvalue weighted by Gasteiger charge is 2.01. The predicted molar refractivity (Wildman–Crippen MR) is 86.2 cm³/mol. The van der Waals surface area contributed by atoms with Gasteiger partial charge in [0.1, 0.15) is 0 Å². The molecule has 0 saturated carbocycles. The molecule has 2 aromatic rings. The summed E-state index contributed by atoms with van der Waals surface area (Å²) in [6.07, 6.45) is 5.40. The van der Waals surface area contributed by atoms with Crippen LogP contribution in [0.4, 0.5) is 11.4 Å². The molecule has 0 amide bonds. The highest BCUT2D eigenvalue weighted by molar-refractivity contribution is 5.80. The fraction of sp³-hybridized carbons (Fsp3) is 0.118. The minimum Gasteiger partial charge on any atom is -0.258 e. The number of benzene rings is 2. The maximum absolute atomic E-state index is 10.6. The second-order valence-corrected chi connectivity index (χ2v) is 4.78. The van der Waals surface area contributed by atoms with Crippen molar-refractivity contribution in [3.05, 3.63) is 75.3 Å². The molecule has 0 heterocycles. The number of aryl methyl sites for hydroxylation is 2.